The molecule has 1 fully saturated rings. The number of hydrogen-bond donors (Lipinski definition) is 3. The van der Waals surface area contributed by atoms with Crippen molar-refractivity contribution in [3.63, 3.8) is 0 Å². The Morgan fingerprint density at radius 2 is 2.12 bits per heavy atom. The summed E-state index contributed by atoms with van der Waals surface area (Å²) in [5.74, 6) is 0.348. The van der Waals surface area contributed by atoms with Crippen LogP contribution >= 0.6 is 0 Å². The van der Waals surface area contributed by atoms with Crippen molar-refractivity contribution in [3.8, 4) is 11.1 Å². The molecular formula is C20H23N5O. The second kappa shape index (κ2) is 6.80. The van der Waals surface area contributed by atoms with Gasteiger partial charge in [-0.05, 0) is 35.6 Å². The summed E-state index contributed by atoms with van der Waals surface area (Å²) in [5.41, 5.74) is 16.5. The van der Waals surface area contributed by atoms with Gasteiger partial charge < -0.3 is 16.8 Å². The number of nitrogens with zero attached hydrogens (tertiary/aromatic N) is 2. The molecule has 1 saturated carbocycles. The Morgan fingerprint density at radius 1 is 1.27 bits per heavy atom. The van der Waals surface area contributed by atoms with Crippen molar-refractivity contribution >= 4 is 17.1 Å². The zero-order valence-electron chi connectivity index (χ0n) is 14.6. The molecule has 3 aromatic rings. The molecule has 1 aromatic carbocycles. The lowest BCUT2D eigenvalue weighted by atomic mass is 10.1. The molecule has 0 atom stereocenters. The van der Waals surface area contributed by atoms with Gasteiger partial charge in [-0.2, -0.15) is 5.10 Å². The minimum Gasteiger partial charge on any atom is -0.383 e. The van der Waals surface area contributed by atoms with Gasteiger partial charge in [-0.1, -0.05) is 31.0 Å². The van der Waals surface area contributed by atoms with Crippen LogP contribution in [0.2, 0.25) is 0 Å². The average molecular weight is 349 g/mol. The largest absolute Gasteiger partial charge is 0.383 e. The lowest BCUT2D eigenvalue weighted by molar-refractivity contribution is 0.100. The summed E-state index contributed by atoms with van der Waals surface area (Å²) < 4.78 is 1.79. The monoisotopic (exact) mass is 349 g/mol. The molecule has 6 heteroatoms. The molecule has 0 radical (unpaired) electrons. The molecule has 5 N–H and O–H groups in total. The molecule has 26 heavy (non-hydrogen) atoms. The normalized spacial score (nSPS) is 13.9. The van der Waals surface area contributed by atoms with Gasteiger partial charge in [0.15, 0.2) is 0 Å². The fourth-order valence-corrected chi connectivity index (χ4v) is 3.27. The molecule has 2 aromatic heterocycles. The maximum Gasteiger partial charge on any atom is 0.252 e. The smallest absolute Gasteiger partial charge is 0.252 e. The van der Waals surface area contributed by atoms with Crippen LogP contribution in [0.1, 0.15) is 35.2 Å². The Balaban J connectivity index is 1.74. The number of rotatable bonds is 7. The fraction of sp³-hybridized carbons (Fsp3) is 0.300. The van der Waals surface area contributed by atoms with E-state index in [0.29, 0.717) is 12.1 Å². The summed E-state index contributed by atoms with van der Waals surface area (Å²) in [4.78, 5) is 11.9. The lowest BCUT2D eigenvalue weighted by Gasteiger charge is -2.11. The van der Waals surface area contributed by atoms with E-state index in [9.17, 15) is 4.79 Å². The molecule has 0 aliphatic heterocycles. The fourth-order valence-electron chi connectivity index (χ4n) is 3.27. The van der Waals surface area contributed by atoms with E-state index in [2.05, 4.69) is 16.5 Å². The number of hydrogen-bond acceptors (Lipinski definition) is 4. The van der Waals surface area contributed by atoms with Gasteiger partial charge >= 0.3 is 0 Å². The topological polar surface area (TPSA) is 98.4 Å². The van der Waals surface area contributed by atoms with Crippen molar-refractivity contribution in [2.24, 2.45) is 17.4 Å². The molecule has 2 heterocycles. The zero-order valence-corrected chi connectivity index (χ0v) is 14.6. The van der Waals surface area contributed by atoms with Crippen molar-refractivity contribution < 1.29 is 4.79 Å². The van der Waals surface area contributed by atoms with E-state index in [1.807, 2.05) is 30.5 Å². The first kappa shape index (κ1) is 16.6. The molecule has 1 aliphatic rings. The third-order valence-corrected chi connectivity index (χ3v) is 4.95. The predicted molar refractivity (Wildman–Crippen MR) is 103 cm³/mol. The van der Waals surface area contributed by atoms with Gasteiger partial charge in [0.05, 0.1) is 23.0 Å². The first-order valence-electron chi connectivity index (χ1n) is 9.00. The Labute approximate surface area is 152 Å². The molecule has 1 aliphatic carbocycles. The van der Waals surface area contributed by atoms with Crippen LogP contribution in [0.4, 0.5) is 5.69 Å². The van der Waals surface area contributed by atoms with Crippen LogP contribution in [0, 0.1) is 5.92 Å². The van der Waals surface area contributed by atoms with E-state index in [1.165, 1.54) is 19.0 Å². The Hall–Kier alpha value is -2.86. The first-order chi connectivity index (χ1) is 12.7. The van der Waals surface area contributed by atoms with Crippen LogP contribution in [0.3, 0.4) is 0 Å². The average Bonchev–Trinajstić information content (AvgIpc) is 3.37. The summed E-state index contributed by atoms with van der Waals surface area (Å²) in [7, 11) is 0. The number of nitrogens with two attached hydrogens (primary N) is 2. The van der Waals surface area contributed by atoms with Crippen molar-refractivity contribution in [2.45, 2.75) is 25.8 Å². The second-order valence-corrected chi connectivity index (χ2v) is 6.92. The number of nitrogens with one attached hydrogen (secondary N) is 1. The number of aromatic nitrogens is 2. The van der Waals surface area contributed by atoms with E-state index >= 15 is 0 Å². The molecule has 0 bridgehead atoms. The number of carbonyl (C=O) groups excluding carboxylic acids is 1. The van der Waals surface area contributed by atoms with E-state index < -0.39 is 5.91 Å². The van der Waals surface area contributed by atoms with Crippen LogP contribution in [0.25, 0.3) is 16.6 Å². The maximum absolute atomic E-state index is 11.9. The molecule has 0 spiro atoms. The van der Waals surface area contributed by atoms with Crippen molar-refractivity contribution in [3.05, 3.63) is 53.9 Å². The number of anilines is 1. The van der Waals surface area contributed by atoms with E-state index in [4.69, 9.17) is 11.5 Å². The van der Waals surface area contributed by atoms with Crippen LogP contribution in [0.5, 0.6) is 0 Å². The second-order valence-electron chi connectivity index (χ2n) is 6.92. The van der Waals surface area contributed by atoms with Gasteiger partial charge in [-0.25, -0.2) is 4.52 Å². The predicted octanol–water partition coefficient (Wildman–Crippen LogP) is 2.77. The summed E-state index contributed by atoms with van der Waals surface area (Å²) in [6, 6.07) is 10.2. The quantitative estimate of drug-likeness (QED) is 0.611. The molecular weight excluding hydrogens is 326 g/mol. The molecule has 1 amide bonds. The lowest BCUT2D eigenvalue weighted by Crippen LogP contribution is -2.17. The minimum atomic E-state index is -0.471. The summed E-state index contributed by atoms with van der Waals surface area (Å²) in [6.45, 7) is 1.33. The van der Waals surface area contributed by atoms with E-state index in [-0.39, 0.29) is 0 Å². The van der Waals surface area contributed by atoms with Gasteiger partial charge in [0, 0.05) is 24.8 Å². The Morgan fingerprint density at radius 3 is 2.85 bits per heavy atom. The van der Waals surface area contributed by atoms with Gasteiger partial charge in [-0.3, -0.25) is 4.79 Å². The van der Waals surface area contributed by atoms with Crippen LogP contribution in [0.15, 0.2) is 42.7 Å². The number of primary amides is 1. The first-order valence-corrected chi connectivity index (χ1v) is 9.00. The Bertz CT molecular complexity index is 958. The summed E-state index contributed by atoms with van der Waals surface area (Å²) in [5, 5.41) is 7.77. The van der Waals surface area contributed by atoms with Crippen molar-refractivity contribution in [1.29, 1.82) is 0 Å². The minimum absolute atomic E-state index is 0.425. The molecule has 4 rings (SSSR count). The standard InChI is InChI=1S/C20H23N5O/c21-10-14-2-1-3-15(8-14)16-9-18-19(23-7-6-13-4-5-13)17(20(22)26)11-24-25(18)12-16/h1-3,8-9,11-13,23H,4-7,10,21H2,(H2,22,26). The third-order valence-electron chi connectivity index (χ3n) is 4.95. The Kier molecular flexibility index (Phi) is 4.34. The van der Waals surface area contributed by atoms with Gasteiger partial charge in [0.25, 0.3) is 5.91 Å². The third kappa shape index (κ3) is 3.28. The number of amides is 1. The van der Waals surface area contributed by atoms with Crippen LogP contribution in [-0.2, 0) is 6.54 Å². The van der Waals surface area contributed by atoms with Gasteiger partial charge in [0.1, 0.15) is 0 Å². The highest BCUT2D eigenvalue weighted by Gasteiger charge is 2.21. The highest BCUT2D eigenvalue weighted by molar-refractivity contribution is 6.02. The molecule has 134 valence electrons. The van der Waals surface area contributed by atoms with Crippen LogP contribution in [-0.4, -0.2) is 22.1 Å². The highest BCUT2D eigenvalue weighted by atomic mass is 16.1. The summed E-state index contributed by atoms with van der Waals surface area (Å²) in [6.07, 6.45) is 7.22. The van der Waals surface area contributed by atoms with E-state index in [0.717, 1.165) is 46.8 Å². The van der Waals surface area contributed by atoms with E-state index in [1.54, 1.807) is 4.52 Å². The van der Waals surface area contributed by atoms with Gasteiger partial charge in [-0.15, -0.1) is 0 Å². The number of carbonyl (C=O) groups is 1. The maximum atomic E-state index is 11.9. The highest BCUT2D eigenvalue weighted by Crippen LogP contribution is 2.33. The molecule has 0 unspecified atom stereocenters. The van der Waals surface area contributed by atoms with Gasteiger partial charge in [0.2, 0.25) is 0 Å². The zero-order chi connectivity index (χ0) is 18.1. The van der Waals surface area contributed by atoms with Crippen molar-refractivity contribution in [2.75, 3.05) is 11.9 Å². The molecule has 6 nitrogen and oxygen atoms in total. The number of benzene rings is 1. The van der Waals surface area contributed by atoms with Crippen molar-refractivity contribution in [1.82, 2.24) is 9.61 Å². The molecule has 0 saturated heterocycles. The summed E-state index contributed by atoms with van der Waals surface area (Å²) >= 11 is 0. The van der Waals surface area contributed by atoms with Crippen LogP contribution < -0.4 is 16.8 Å². The SMILES string of the molecule is NCc1cccc(-c2cc3c(NCCC4CC4)c(C(N)=O)cnn3c2)c1. The number of fused-ring (bicyclic) bond motifs is 1.